The maximum absolute atomic E-state index is 5.48. The molecule has 0 saturated heterocycles. The van der Waals surface area contributed by atoms with E-state index in [0.717, 1.165) is 29.3 Å². The Labute approximate surface area is 127 Å². The van der Waals surface area contributed by atoms with Gasteiger partial charge in [0.2, 0.25) is 5.88 Å². The first kappa shape index (κ1) is 13.9. The predicted octanol–water partition coefficient (Wildman–Crippen LogP) is 3.34. The van der Waals surface area contributed by atoms with Gasteiger partial charge >= 0.3 is 0 Å². The topological polar surface area (TPSA) is 55.7 Å². The molecule has 1 fully saturated rings. The summed E-state index contributed by atoms with van der Waals surface area (Å²) >= 11 is 7.52. The Morgan fingerprint density at radius 3 is 3.10 bits per heavy atom. The van der Waals surface area contributed by atoms with Crippen molar-refractivity contribution in [2.45, 2.75) is 37.5 Å². The van der Waals surface area contributed by atoms with Gasteiger partial charge in [0.15, 0.2) is 10.4 Å². The molecule has 0 spiro atoms. The van der Waals surface area contributed by atoms with Crippen molar-refractivity contribution in [1.29, 1.82) is 0 Å². The number of aromatic amines is 1. The third kappa shape index (κ3) is 2.33. The third-order valence-electron chi connectivity index (χ3n) is 3.79. The van der Waals surface area contributed by atoms with Crippen LogP contribution in [0.25, 0.3) is 11.2 Å². The van der Waals surface area contributed by atoms with Gasteiger partial charge in [0.25, 0.3) is 0 Å². The summed E-state index contributed by atoms with van der Waals surface area (Å²) in [5.74, 6) is 1.73. The van der Waals surface area contributed by atoms with Gasteiger partial charge in [-0.3, -0.25) is 4.57 Å². The van der Waals surface area contributed by atoms with Crippen LogP contribution >= 0.6 is 24.0 Å². The zero-order chi connectivity index (χ0) is 14.1. The van der Waals surface area contributed by atoms with E-state index in [1.54, 1.807) is 7.11 Å². The highest BCUT2D eigenvalue weighted by molar-refractivity contribution is 7.99. The number of fused-ring (bicyclic) bond motifs is 1. The number of hydrogen-bond donors (Lipinski definition) is 1. The predicted molar refractivity (Wildman–Crippen MR) is 84.1 cm³/mol. The van der Waals surface area contributed by atoms with Crippen LogP contribution in [0.4, 0.5) is 0 Å². The molecule has 2 aromatic heterocycles. The summed E-state index contributed by atoms with van der Waals surface area (Å²) < 4.78 is 8.13. The second-order valence-electron chi connectivity index (χ2n) is 4.93. The van der Waals surface area contributed by atoms with E-state index in [1.165, 1.54) is 18.5 Å². The molecular formula is C13H18N4OS2. The summed E-state index contributed by atoms with van der Waals surface area (Å²) in [4.78, 5) is 11.7. The Morgan fingerprint density at radius 2 is 2.35 bits per heavy atom. The quantitative estimate of drug-likeness (QED) is 0.878. The van der Waals surface area contributed by atoms with Gasteiger partial charge in [0.1, 0.15) is 11.8 Å². The largest absolute Gasteiger partial charge is 0.479 e. The zero-order valence-electron chi connectivity index (χ0n) is 11.6. The van der Waals surface area contributed by atoms with Crippen molar-refractivity contribution in [3.63, 3.8) is 0 Å². The lowest BCUT2D eigenvalue weighted by molar-refractivity contribution is 0.401. The minimum Gasteiger partial charge on any atom is -0.479 e. The van der Waals surface area contributed by atoms with Crippen LogP contribution in [0.1, 0.15) is 32.2 Å². The highest BCUT2D eigenvalue weighted by Crippen LogP contribution is 2.38. The number of hydrogen-bond acceptors (Lipinski definition) is 5. The number of rotatable bonds is 4. The fourth-order valence-corrected chi connectivity index (χ4v) is 4.42. The second kappa shape index (κ2) is 5.73. The molecule has 0 radical (unpaired) electrons. The number of methoxy groups -OCH3 is 1. The summed E-state index contributed by atoms with van der Waals surface area (Å²) in [6, 6.07) is 0.430. The van der Waals surface area contributed by atoms with Crippen LogP contribution in [0.15, 0.2) is 6.33 Å². The summed E-state index contributed by atoms with van der Waals surface area (Å²) in [7, 11) is 1.61. The van der Waals surface area contributed by atoms with Gasteiger partial charge < -0.3 is 9.72 Å². The number of aromatic nitrogens is 4. The van der Waals surface area contributed by atoms with E-state index in [-0.39, 0.29) is 0 Å². The number of thioether (sulfide) groups is 1. The summed E-state index contributed by atoms with van der Waals surface area (Å²) in [5.41, 5.74) is 1.65. The molecule has 0 aliphatic heterocycles. The minimum absolute atomic E-state index is 0.430. The van der Waals surface area contributed by atoms with Gasteiger partial charge in [-0.1, -0.05) is 6.92 Å². The molecule has 2 heterocycles. The molecule has 3 rings (SSSR count). The lowest BCUT2D eigenvalue weighted by atomic mass is 10.2. The van der Waals surface area contributed by atoms with Crippen LogP contribution < -0.4 is 4.74 Å². The molecule has 1 N–H and O–H groups in total. The number of imidazole rings is 1. The van der Waals surface area contributed by atoms with Crippen LogP contribution in [0, 0.1) is 4.77 Å². The van der Waals surface area contributed by atoms with Crippen molar-refractivity contribution < 1.29 is 4.74 Å². The van der Waals surface area contributed by atoms with E-state index < -0.39 is 0 Å². The normalized spacial score (nSPS) is 22.5. The van der Waals surface area contributed by atoms with Crippen molar-refractivity contribution in [3.05, 3.63) is 11.1 Å². The highest BCUT2D eigenvalue weighted by Gasteiger charge is 2.28. The molecule has 2 atom stereocenters. The maximum atomic E-state index is 5.48. The van der Waals surface area contributed by atoms with E-state index in [4.69, 9.17) is 17.0 Å². The summed E-state index contributed by atoms with van der Waals surface area (Å²) in [6.07, 6.45) is 5.10. The standard InChI is InChI=1S/C13H18N4OS2/c1-3-20-9-5-4-8(6-9)17-11-10(16-13(17)19)12(18-2)15-7-14-11/h7-9H,3-6H2,1-2H3,(H,16,19). The Kier molecular flexibility index (Phi) is 3.98. The molecule has 1 aliphatic rings. The number of nitrogens with one attached hydrogen (secondary N) is 1. The number of nitrogens with zero attached hydrogens (tertiary/aromatic N) is 3. The van der Waals surface area contributed by atoms with Crippen LogP contribution in [-0.4, -0.2) is 37.6 Å². The van der Waals surface area contributed by atoms with Crippen molar-refractivity contribution >= 4 is 35.1 Å². The molecule has 5 nitrogen and oxygen atoms in total. The molecule has 1 saturated carbocycles. The molecular weight excluding hydrogens is 292 g/mol. The lowest BCUT2D eigenvalue weighted by Crippen LogP contribution is -2.07. The molecule has 2 aromatic rings. The third-order valence-corrected chi connectivity index (χ3v) is 5.32. The minimum atomic E-state index is 0.430. The van der Waals surface area contributed by atoms with E-state index in [0.29, 0.717) is 16.7 Å². The fraction of sp³-hybridized carbons (Fsp3) is 0.615. The van der Waals surface area contributed by atoms with Crippen molar-refractivity contribution in [3.8, 4) is 5.88 Å². The number of H-pyrrole nitrogens is 1. The van der Waals surface area contributed by atoms with Crippen LogP contribution in [-0.2, 0) is 0 Å². The molecule has 2 unspecified atom stereocenters. The Morgan fingerprint density at radius 1 is 1.50 bits per heavy atom. The molecule has 0 aromatic carbocycles. The summed E-state index contributed by atoms with van der Waals surface area (Å²) in [6.45, 7) is 2.22. The van der Waals surface area contributed by atoms with E-state index >= 15 is 0 Å². The van der Waals surface area contributed by atoms with Gasteiger partial charge in [0, 0.05) is 11.3 Å². The van der Waals surface area contributed by atoms with Gasteiger partial charge in [0.05, 0.1) is 7.11 Å². The van der Waals surface area contributed by atoms with Crippen molar-refractivity contribution in [2.75, 3.05) is 12.9 Å². The Hall–Kier alpha value is -1.08. The van der Waals surface area contributed by atoms with Crippen LogP contribution in [0.3, 0.4) is 0 Å². The molecule has 20 heavy (non-hydrogen) atoms. The molecule has 1 aliphatic carbocycles. The van der Waals surface area contributed by atoms with Crippen molar-refractivity contribution in [2.24, 2.45) is 0 Å². The highest BCUT2D eigenvalue weighted by atomic mass is 32.2. The molecule has 108 valence electrons. The SMILES string of the molecule is CCSC1CCC(n2c(=S)[nH]c3c(OC)ncnc32)C1. The van der Waals surface area contributed by atoms with E-state index in [2.05, 4.69) is 26.4 Å². The Balaban J connectivity index is 2.00. The van der Waals surface area contributed by atoms with Gasteiger partial charge in [-0.2, -0.15) is 16.7 Å². The molecule has 7 heteroatoms. The van der Waals surface area contributed by atoms with E-state index in [9.17, 15) is 0 Å². The monoisotopic (exact) mass is 310 g/mol. The smallest absolute Gasteiger partial charge is 0.242 e. The van der Waals surface area contributed by atoms with Gasteiger partial charge in [-0.25, -0.2) is 4.98 Å². The Bertz CT molecular complexity index is 666. The first-order valence-electron chi connectivity index (χ1n) is 6.85. The number of ether oxygens (including phenoxy) is 1. The van der Waals surface area contributed by atoms with Crippen LogP contribution in [0.5, 0.6) is 5.88 Å². The van der Waals surface area contributed by atoms with Crippen molar-refractivity contribution in [1.82, 2.24) is 19.5 Å². The van der Waals surface area contributed by atoms with E-state index in [1.807, 2.05) is 11.8 Å². The summed E-state index contributed by atoms with van der Waals surface area (Å²) in [5, 5.41) is 0.737. The first-order chi connectivity index (χ1) is 9.74. The zero-order valence-corrected chi connectivity index (χ0v) is 13.3. The first-order valence-corrected chi connectivity index (χ1v) is 8.31. The van der Waals surface area contributed by atoms with Gasteiger partial charge in [-0.15, -0.1) is 0 Å². The average Bonchev–Trinajstić information content (AvgIpc) is 3.01. The maximum Gasteiger partial charge on any atom is 0.242 e. The van der Waals surface area contributed by atoms with Gasteiger partial charge in [-0.05, 0) is 37.2 Å². The average molecular weight is 310 g/mol. The fourth-order valence-electron chi connectivity index (χ4n) is 2.95. The lowest BCUT2D eigenvalue weighted by Gasteiger charge is -2.13. The second-order valence-corrected chi connectivity index (χ2v) is 6.89. The molecule has 0 amide bonds. The molecule has 0 bridgehead atoms. The van der Waals surface area contributed by atoms with Crippen LogP contribution in [0.2, 0.25) is 0 Å².